The van der Waals surface area contributed by atoms with Gasteiger partial charge in [0.05, 0.1) is 28.6 Å². The number of nitrogens with one attached hydrogen (secondary N) is 2. The molecule has 0 aliphatic rings. The fourth-order valence-electron chi connectivity index (χ4n) is 3.72. The van der Waals surface area contributed by atoms with Gasteiger partial charge >= 0.3 is 0 Å². The van der Waals surface area contributed by atoms with Gasteiger partial charge < -0.3 is 10.3 Å². The number of hydrogen-bond donors (Lipinski definition) is 2. The minimum Gasteiger partial charge on any atom is -0.358 e. The minimum absolute atomic E-state index is 0.135. The fraction of sp³-hybridized carbons (Fsp3) is 0.136. The van der Waals surface area contributed by atoms with Crippen molar-refractivity contribution in [3.05, 3.63) is 81.1 Å². The number of benzene rings is 2. The third-order valence-electron chi connectivity index (χ3n) is 5.27. The quantitative estimate of drug-likeness (QED) is 0.362. The molecule has 3 aromatic heterocycles. The lowest BCUT2D eigenvalue weighted by Gasteiger charge is -2.22. The van der Waals surface area contributed by atoms with Gasteiger partial charge in [-0.1, -0.05) is 36.2 Å². The number of H-pyrrole nitrogens is 1. The zero-order chi connectivity index (χ0) is 23.1. The highest BCUT2D eigenvalue weighted by Crippen LogP contribution is 2.30. The summed E-state index contributed by atoms with van der Waals surface area (Å²) in [6.07, 6.45) is 3.44. The molecule has 1 unspecified atom stereocenters. The van der Waals surface area contributed by atoms with Crippen molar-refractivity contribution in [2.75, 3.05) is 5.32 Å². The Hall–Kier alpha value is -3.56. The maximum atomic E-state index is 14.7. The number of imidazole rings is 1. The molecule has 0 radical (unpaired) electrons. The van der Waals surface area contributed by atoms with Crippen LogP contribution in [0.15, 0.2) is 53.8 Å². The minimum atomic E-state index is -0.668. The van der Waals surface area contributed by atoms with Crippen molar-refractivity contribution in [2.24, 2.45) is 0 Å². The van der Waals surface area contributed by atoms with Gasteiger partial charge in [-0.25, -0.2) is 24.3 Å². The van der Waals surface area contributed by atoms with Gasteiger partial charge in [0.15, 0.2) is 11.5 Å². The highest BCUT2D eigenvalue weighted by Gasteiger charge is 2.24. The first kappa shape index (κ1) is 21.3. The van der Waals surface area contributed by atoms with E-state index in [0.717, 1.165) is 0 Å². The zero-order valence-corrected chi connectivity index (χ0v) is 18.7. The van der Waals surface area contributed by atoms with E-state index >= 15 is 0 Å². The summed E-state index contributed by atoms with van der Waals surface area (Å²) in [6.45, 7) is 1.92. The van der Waals surface area contributed by atoms with Crippen LogP contribution in [0.1, 0.15) is 25.2 Å². The molecule has 0 amide bonds. The normalized spacial score (nSPS) is 12.4. The van der Waals surface area contributed by atoms with Gasteiger partial charge in [-0.3, -0.25) is 9.36 Å². The first-order valence-electron chi connectivity index (χ1n) is 10.0. The van der Waals surface area contributed by atoms with Crippen molar-refractivity contribution in [3.63, 3.8) is 0 Å². The standard InChI is InChI=1S/C22H16Cl2FN7O/c1-2-14(30-20-18-19(27-9-26-18)28-10-29-20)21-31-15-5-3-4-13(25)17(15)22(33)32(21)16-8-11(23)6-7-12(16)24/h3-10,14H,2H2,1H3,(H2,26,27,28,29,30). The average Bonchev–Trinajstić information content (AvgIpc) is 3.29. The Kier molecular flexibility index (Phi) is 5.43. The number of hydrogen-bond acceptors (Lipinski definition) is 6. The van der Waals surface area contributed by atoms with Crippen molar-refractivity contribution in [2.45, 2.75) is 19.4 Å². The molecule has 166 valence electrons. The Labute approximate surface area is 196 Å². The molecule has 0 saturated carbocycles. The van der Waals surface area contributed by atoms with E-state index in [1.165, 1.54) is 29.4 Å². The molecular weight excluding hydrogens is 468 g/mol. The predicted octanol–water partition coefficient (Wildman–Crippen LogP) is 5.06. The second kappa shape index (κ2) is 8.42. The van der Waals surface area contributed by atoms with E-state index in [-0.39, 0.29) is 15.9 Å². The van der Waals surface area contributed by atoms with Crippen LogP contribution in [0.25, 0.3) is 27.8 Å². The molecule has 33 heavy (non-hydrogen) atoms. The topological polar surface area (TPSA) is 101 Å². The number of nitrogens with zero attached hydrogens (tertiary/aromatic N) is 5. The Morgan fingerprint density at radius 2 is 2.03 bits per heavy atom. The van der Waals surface area contributed by atoms with Gasteiger partial charge in [-0.05, 0) is 36.8 Å². The molecule has 0 spiro atoms. The SMILES string of the molecule is CCC(Nc1ncnc2[nH]cnc12)c1nc2cccc(F)c2c(=O)n1-c1cc(Cl)ccc1Cl. The third-order valence-corrected chi connectivity index (χ3v) is 5.82. The van der Waals surface area contributed by atoms with E-state index in [4.69, 9.17) is 23.2 Å². The van der Waals surface area contributed by atoms with E-state index in [0.29, 0.717) is 39.9 Å². The highest BCUT2D eigenvalue weighted by atomic mass is 35.5. The summed E-state index contributed by atoms with van der Waals surface area (Å²) in [5.74, 6) is 0.121. The monoisotopic (exact) mass is 483 g/mol. The summed E-state index contributed by atoms with van der Waals surface area (Å²) in [7, 11) is 0. The van der Waals surface area contributed by atoms with Crippen molar-refractivity contribution >= 4 is 51.1 Å². The van der Waals surface area contributed by atoms with Crippen molar-refractivity contribution in [3.8, 4) is 5.69 Å². The molecule has 2 N–H and O–H groups in total. The van der Waals surface area contributed by atoms with Gasteiger partial charge in [-0.15, -0.1) is 0 Å². The highest BCUT2D eigenvalue weighted by molar-refractivity contribution is 6.34. The van der Waals surface area contributed by atoms with Crippen LogP contribution in [0.5, 0.6) is 0 Å². The molecule has 0 aliphatic heterocycles. The summed E-state index contributed by atoms with van der Waals surface area (Å²) < 4.78 is 16.0. The van der Waals surface area contributed by atoms with Crippen LogP contribution in [0, 0.1) is 5.82 Å². The lowest BCUT2D eigenvalue weighted by Crippen LogP contribution is -2.29. The van der Waals surface area contributed by atoms with E-state index < -0.39 is 17.4 Å². The van der Waals surface area contributed by atoms with E-state index in [2.05, 4.69) is 30.2 Å². The number of fused-ring (bicyclic) bond motifs is 2. The summed E-state index contributed by atoms with van der Waals surface area (Å²) >= 11 is 12.6. The molecule has 5 aromatic rings. The smallest absolute Gasteiger partial charge is 0.269 e. The first-order chi connectivity index (χ1) is 16.0. The van der Waals surface area contributed by atoms with Gasteiger partial charge in [0.1, 0.15) is 28.9 Å². The van der Waals surface area contributed by atoms with E-state index in [1.807, 2.05) is 6.92 Å². The molecule has 0 bridgehead atoms. The van der Waals surface area contributed by atoms with Crippen LogP contribution in [0.3, 0.4) is 0 Å². The number of aromatic amines is 1. The first-order valence-corrected chi connectivity index (χ1v) is 10.8. The second-order valence-corrected chi connectivity index (χ2v) is 8.11. The van der Waals surface area contributed by atoms with Crippen molar-refractivity contribution in [1.82, 2.24) is 29.5 Å². The zero-order valence-electron chi connectivity index (χ0n) is 17.2. The molecular formula is C22H16Cl2FN7O. The van der Waals surface area contributed by atoms with Crippen molar-refractivity contribution < 1.29 is 4.39 Å². The molecule has 0 fully saturated rings. The second-order valence-electron chi connectivity index (χ2n) is 7.27. The van der Waals surface area contributed by atoms with E-state index in [1.54, 1.807) is 24.3 Å². The van der Waals surface area contributed by atoms with Gasteiger partial charge in [-0.2, -0.15) is 0 Å². The van der Waals surface area contributed by atoms with Gasteiger partial charge in [0.2, 0.25) is 0 Å². The Bertz CT molecular complexity index is 1570. The number of rotatable bonds is 5. The van der Waals surface area contributed by atoms with Crippen LogP contribution in [-0.4, -0.2) is 29.5 Å². The molecule has 3 heterocycles. The maximum Gasteiger partial charge on any atom is 0.269 e. The van der Waals surface area contributed by atoms with Gasteiger partial charge in [0, 0.05) is 5.02 Å². The third kappa shape index (κ3) is 3.69. The number of halogens is 3. The maximum absolute atomic E-state index is 14.7. The van der Waals surface area contributed by atoms with Crippen LogP contribution < -0.4 is 10.9 Å². The predicted molar refractivity (Wildman–Crippen MR) is 126 cm³/mol. The molecule has 2 aromatic carbocycles. The fourth-order valence-corrected chi connectivity index (χ4v) is 4.08. The summed E-state index contributed by atoms with van der Waals surface area (Å²) in [6, 6.07) is 8.56. The Balaban J connectivity index is 1.78. The molecule has 0 aliphatic carbocycles. The summed E-state index contributed by atoms with van der Waals surface area (Å²) in [5, 5.41) is 3.81. The van der Waals surface area contributed by atoms with Crippen LogP contribution >= 0.6 is 23.2 Å². The van der Waals surface area contributed by atoms with Crippen LogP contribution in [0.2, 0.25) is 10.0 Å². The molecule has 0 saturated heterocycles. The molecule has 8 nitrogen and oxygen atoms in total. The van der Waals surface area contributed by atoms with Crippen molar-refractivity contribution in [1.29, 1.82) is 0 Å². The Morgan fingerprint density at radius 3 is 2.85 bits per heavy atom. The number of anilines is 1. The summed E-state index contributed by atoms with van der Waals surface area (Å²) in [4.78, 5) is 33.9. The molecule has 1 atom stereocenters. The lowest BCUT2D eigenvalue weighted by molar-refractivity contribution is 0.630. The molecule has 11 heteroatoms. The van der Waals surface area contributed by atoms with Gasteiger partial charge in [0.25, 0.3) is 5.56 Å². The summed E-state index contributed by atoms with van der Waals surface area (Å²) in [5.41, 5.74) is 1.04. The van der Waals surface area contributed by atoms with Crippen LogP contribution in [-0.2, 0) is 0 Å². The lowest BCUT2D eigenvalue weighted by atomic mass is 10.1. The van der Waals surface area contributed by atoms with E-state index in [9.17, 15) is 9.18 Å². The van der Waals surface area contributed by atoms with Crippen LogP contribution in [0.4, 0.5) is 10.2 Å². The largest absolute Gasteiger partial charge is 0.358 e. The number of aromatic nitrogens is 6. The Morgan fingerprint density at radius 1 is 1.18 bits per heavy atom. The molecule has 5 rings (SSSR count). The average molecular weight is 484 g/mol.